The molecular formula is C18H27N3O3. The molecule has 0 spiro atoms. The zero-order valence-corrected chi connectivity index (χ0v) is 14.7. The topological polar surface area (TPSA) is 84.7 Å². The second kappa shape index (κ2) is 8.15. The number of ketones is 1. The van der Waals surface area contributed by atoms with Gasteiger partial charge in [0.05, 0.1) is 7.11 Å². The number of amides is 2. The van der Waals surface area contributed by atoms with Crippen molar-refractivity contribution in [2.24, 2.45) is 11.7 Å². The van der Waals surface area contributed by atoms with Crippen LogP contribution in [0.3, 0.4) is 0 Å². The van der Waals surface area contributed by atoms with Gasteiger partial charge in [-0.25, -0.2) is 4.79 Å². The number of nitrogens with one attached hydrogen (secondary N) is 1. The number of carbonyl (C=O) groups is 2. The molecule has 0 saturated carbocycles. The van der Waals surface area contributed by atoms with Crippen molar-refractivity contribution in [3.63, 3.8) is 0 Å². The average Bonchev–Trinajstić information content (AvgIpc) is 2.54. The molecule has 3 N–H and O–H groups in total. The number of urea groups is 1. The summed E-state index contributed by atoms with van der Waals surface area (Å²) in [6, 6.07) is 3.33. The molecule has 1 aromatic carbocycles. The molecule has 0 aliphatic carbocycles. The van der Waals surface area contributed by atoms with Crippen LogP contribution in [-0.4, -0.2) is 50.0 Å². The summed E-state index contributed by atoms with van der Waals surface area (Å²) in [7, 11) is 1.65. The first kappa shape index (κ1) is 18.3. The van der Waals surface area contributed by atoms with E-state index in [9.17, 15) is 9.59 Å². The van der Waals surface area contributed by atoms with Crippen LogP contribution in [-0.2, 0) is 0 Å². The number of nitrogens with zero attached hydrogens (tertiary/aromatic N) is 1. The van der Waals surface area contributed by atoms with Crippen LogP contribution in [0, 0.1) is 19.8 Å². The first-order chi connectivity index (χ1) is 11.4. The fourth-order valence-electron chi connectivity index (χ4n) is 3.46. The Kier molecular flexibility index (Phi) is 6.20. The Morgan fingerprint density at radius 2 is 2.00 bits per heavy atom. The highest BCUT2D eigenvalue weighted by molar-refractivity contribution is 5.98. The van der Waals surface area contributed by atoms with E-state index < -0.39 is 6.03 Å². The third kappa shape index (κ3) is 4.47. The summed E-state index contributed by atoms with van der Waals surface area (Å²) in [5.41, 5.74) is 7.81. The molecule has 1 aromatic rings. The lowest BCUT2D eigenvalue weighted by Crippen LogP contribution is -2.43. The molecule has 1 fully saturated rings. The monoisotopic (exact) mass is 333 g/mol. The molecule has 6 heteroatoms. The molecule has 0 bridgehead atoms. The highest BCUT2D eigenvalue weighted by Gasteiger charge is 2.27. The molecule has 1 saturated heterocycles. The van der Waals surface area contributed by atoms with Crippen LogP contribution in [0.4, 0.5) is 4.79 Å². The van der Waals surface area contributed by atoms with Gasteiger partial charge in [0, 0.05) is 31.1 Å². The number of hydrogen-bond donors (Lipinski definition) is 2. The van der Waals surface area contributed by atoms with E-state index in [-0.39, 0.29) is 11.7 Å². The number of carbonyl (C=O) groups excluding carboxylic acids is 2. The number of benzene rings is 1. The van der Waals surface area contributed by atoms with Gasteiger partial charge in [-0.2, -0.15) is 0 Å². The van der Waals surface area contributed by atoms with Gasteiger partial charge in [0.2, 0.25) is 0 Å². The molecule has 2 rings (SSSR count). The summed E-state index contributed by atoms with van der Waals surface area (Å²) < 4.78 is 5.37. The summed E-state index contributed by atoms with van der Waals surface area (Å²) in [5, 5.41) is 2.59. The normalized spacial score (nSPS) is 18.2. The minimum absolute atomic E-state index is 0.000442. The fourth-order valence-corrected chi connectivity index (χ4v) is 3.46. The molecule has 6 nitrogen and oxygen atoms in total. The number of nitrogens with two attached hydrogens (primary N) is 1. The van der Waals surface area contributed by atoms with Gasteiger partial charge in [0.1, 0.15) is 5.75 Å². The number of rotatable bonds is 6. The number of primary amides is 1. The standard InChI is InChI=1S/C18H27N3O3/c1-12-9-15(10-13(2)17(12)24-3)16(22)14-5-4-7-21(11-14)8-6-20-18(19)23/h9-10,14H,4-8,11H2,1-3H3,(H3,19,20,23)/t14-/m1/s1. The Bertz CT molecular complexity index is 593. The van der Waals surface area contributed by atoms with Crippen molar-refractivity contribution in [2.45, 2.75) is 26.7 Å². The number of aryl methyl sites for hydroxylation is 2. The van der Waals surface area contributed by atoms with Crippen molar-refractivity contribution < 1.29 is 14.3 Å². The summed E-state index contributed by atoms with van der Waals surface area (Å²) >= 11 is 0. The van der Waals surface area contributed by atoms with Crippen molar-refractivity contribution >= 4 is 11.8 Å². The molecule has 132 valence electrons. The van der Waals surface area contributed by atoms with Crippen LogP contribution in [0.1, 0.15) is 34.3 Å². The van der Waals surface area contributed by atoms with E-state index in [2.05, 4.69) is 10.2 Å². The van der Waals surface area contributed by atoms with Crippen LogP contribution in [0.25, 0.3) is 0 Å². The quantitative estimate of drug-likeness (QED) is 0.779. The summed E-state index contributed by atoms with van der Waals surface area (Å²) in [6.45, 7) is 6.83. The molecule has 1 aliphatic rings. The Morgan fingerprint density at radius 3 is 2.58 bits per heavy atom. The summed E-state index contributed by atoms with van der Waals surface area (Å²) in [4.78, 5) is 25.8. The number of piperidine rings is 1. The summed E-state index contributed by atoms with van der Waals surface area (Å²) in [5.74, 6) is 1.03. The Labute approximate surface area is 143 Å². The highest BCUT2D eigenvalue weighted by Crippen LogP contribution is 2.27. The third-order valence-corrected chi connectivity index (χ3v) is 4.55. The largest absolute Gasteiger partial charge is 0.496 e. The second-order valence-corrected chi connectivity index (χ2v) is 6.44. The van der Waals surface area contributed by atoms with E-state index in [1.165, 1.54) is 0 Å². The number of methoxy groups -OCH3 is 1. The first-order valence-corrected chi connectivity index (χ1v) is 8.37. The minimum Gasteiger partial charge on any atom is -0.496 e. The maximum atomic E-state index is 12.9. The molecule has 24 heavy (non-hydrogen) atoms. The zero-order chi connectivity index (χ0) is 17.7. The predicted molar refractivity (Wildman–Crippen MR) is 93.5 cm³/mol. The maximum absolute atomic E-state index is 12.9. The van der Waals surface area contributed by atoms with Crippen molar-refractivity contribution in [3.8, 4) is 5.75 Å². The van der Waals surface area contributed by atoms with Gasteiger partial charge in [-0.15, -0.1) is 0 Å². The lowest BCUT2D eigenvalue weighted by atomic mass is 9.88. The van der Waals surface area contributed by atoms with Crippen molar-refractivity contribution in [1.82, 2.24) is 10.2 Å². The van der Waals surface area contributed by atoms with E-state index in [0.29, 0.717) is 13.1 Å². The van der Waals surface area contributed by atoms with Gasteiger partial charge in [-0.1, -0.05) is 0 Å². The van der Waals surface area contributed by atoms with Gasteiger partial charge in [0.15, 0.2) is 5.78 Å². The first-order valence-electron chi connectivity index (χ1n) is 8.37. The van der Waals surface area contributed by atoms with Crippen molar-refractivity contribution in [1.29, 1.82) is 0 Å². The average molecular weight is 333 g/mol. The zero-order valence-electron chi connectivity index (χ0n) is 14.7. The van der Waals surface area contributed by atoms with E-state index in [1.54, 1.807) is 7.11 Å². The van der Waals surface area contributed by atoms with Crippen LogP contribution in [0.2, 0.25) is 0 Å². The van der Waals surface area contributed by atoms with E-state index in [1.807, 2.05) is 26.0 Å². The lowest BCUT2D eigenvalue weighted by Gasteiger charge is -2.32. The molecule has 1 aliphatic heterocycles. The van der Waals surface area contributed by atoms with E-state index in [4.69, 9.17) is 10.5 Å². The van der Waals surface area contributed by atoms with Gasteiger partial charge in [-0.05, 0) is 56.5 Å². The lowest BCUT2D eigenvalue weighted by molar-refractivity contribution is 0.0821. The third-order valence-electron chi connectivity index (χ3n) is 4.55. The van der Waals surface area contributed by atoms with Crippen molar-refractivity contribution in [3.05, 3.63) is 28.8 Å². The van der Waals surface area contributed by atoms with Crippen LogP contribution in [0.5, 0.6) is 5.75 Å². The molecule has 1 atom stereocenters. The van der Waals surface area contributed by atoms with Gasteiger partial charge in [0.25, 0.3) is 0 Å². The van der Waals surface area contributed by atoms with Crippen LogP contribution >= 0.6 is 0 Å². The van der Waals surface area contributed by atoms with Crippen molar-refractivity contribution in [2.75, 3.05) is 33.3 Å². The van der Waals surface area contributed by atoms with Gasteiger partial charge in [-0.3, -0.25) is 4.79 Å². The predicted octanol–water partition coefficient (Wildman–Crippen LogP) is 1.88. The van der Waals surface area contributed by atoms with Gasteiger partial charge >= 0.3 is 6.03 Å². The SMILES string of the molecule is COc1c(C)cc(C(=O)[C@@H]2CCCN(CCNC(N)=O)C2)cc1C. The van der Waals surface area contributed by atoms with Gasteiger partial charge < -0.3 is 20.7 Å². The molecule has 1 heterocycles. The summed E-state index contributed by atoms with van der Waals surface area (Å²) in [6.07, 6.45) is 1.89. The van der Waals surface area contributed by atoms with Crippen LogP contribution < -0.4 is 15.8 Å². The maximum Gasteiger partial charge on any atom is 0.312 e. The smallest absolute Gasteiger partial charge is 0.312 e. The molecule has 0 unspecified atom stereocenters. The number of likely N-dealkylation sites (tertiary alicyclic amines) is 1. The molecular weight excluding hydrogens is 306 g/mol. The Hall–Kier alpha value is -2.08. The number of hydrogen-bond acceptors (Lipinski definition) is 4. The minimum atomic E-state index is -0.510. The Morgan fingerprint density at radius 1 is 1.33 bits per heavy atom. The second-order valence-electron chi connectivity index (χ2n) is 6.44. The highest BCUT2D eigenvalue weighted by atomic mass is 16.5. The van der Waals surface area contributed by atoms with E-state index in [0.717, 1.165) is 48.4 Å². The molecule has 0 aromatic heterocycles. The number of Topliss-reactive ketones (excluding diaryl/α,β-unsaturated/α-hetero) is 1. The number of ether oxygens (including phenoxy) is 1. The molecule has 0 radical (unpaired) electrons. The Balaban J connectivity index is 2.02. The van der Waals surface area contributed by atoms with Crippen LogP contribution in [0.15, 0.2) is 12.1 Å². The van der Waals surface area contributed by atoms with E-state index >= 15 is 0 Å². The molecule has 2 amide bonds. The fraction of sp³-hybridized carbons (Fsp3) is 0.556.